The summed E-state index contributed by atoms with van der Waals surface area (Å²) in [5.74, 6) is 1.66. The van der Waals surface area contributed by atoms with E-state index in [-0.39, 0.29) is 18.4 Å². The molecule has 0 radical (unpaired) electrons. The number of hydrogen-bond donors (Lipinski definition) is 0. The van der Waals surface area contributed by atoms with Gasteiger partial charge in [0, 0.05) is 42.5 Å². The van der Waals surface area contributed by atoms with E-state index in [2.05, 4.69) is 4.98 Å². The van der Waals surface area contributed by atoms with Crippen molar-refractivity contribution in [2.45, 2.75) is 57.3 Å². The van der Waals surface area contributed by atoms with Crippen LogP contribution >= 0.6 is 11.6 Å². The predicted molar refractivity (Wildman–Crippen MR) is 154 cm³/mol. The second-order valence-electron chi connectivity index (χ2n) is 10.3. The quantitative estimate of drug-likeness (QED) is 0.195. The summed E-state index contributed by atoms with van der Waals surface area (Å²) in [6.07, 6.45) is 3.50. The normalized spacial score (nSPS) is 13.8. The Labute approximate surface area is 247 Å². The second-order valence-corrected chi connectivity index (χ2v) is 10.7. The lowest BCUT2D eigenvalue weighted by Gasteiger charge is -2.29. The van der Waals surface area contributed by atoms with Crippen LogP contribution in [0.5, 0.6) is 5.75 Å². The van der Waals surface area contributed by atoms with Gasteiger partial charge in [-0.15, -0.1) is 0 Å². The number of benzene rings is 2. The molecule has 11 heteroatoms. The van der Waals surface area contributed by atoms with Crippen LogP contribution in [0.2, 0.25) is 5.02 Å². The zero-order chi connectivity index (χ0) is 29.7. The number of pyridine rings is 1. The summed E-state index contributed by atoms with van der Waals surface area (Å²) < 4.78 is 45.9. The maximum atomic E-state index is 13.5. The Hall–Kier alpha value is -3.92. The van der Waals surface area contributed by atoms with Crippen molar-refractivity contribution in [1.29, 1.82) is 0 Å². The number of aryl methyl sites for hydroxylation is 1. The molecule has 1 aliphatic carbocycles. The molecule has 0 spiro atoms. The van der Waals surface area contributed by atoms with E-state index in [1.54, 1.807) is 36.3 Å². The monoisotopic (exact) mass is 597 g/mol. The molecule has 0 N–H and O–H groups in total. The van der Waals surface area contributed by atoms with Crippen LogP contribution in [0.1, 0.15) is 43.2 Å². The first-order valence-electron chi connectivity index (χ1n) is 13.9. The number of carbonyl (C=O) groups excluding carboxylic acids is 1. The second kappa shape index (κ2) is 12.9. The van der Waals surface area contributed by atoms with Crippen molar-refractivity contribution in [2.24, 2.45) is 0 Å². The molecule has 42 heavy (non-hydrogen) atoms. The zero-order valence-corrected chi connectivity index (χ0v) is 23.9. The highest BCUT2D eigenvalue weighted by atomic mass is 35.5. The first-order chi connectivity index (χ1) is 20.2. The molecule has 1 amide bonds. The minimum atomic E-state index is -4.39. The van der Waals surface area contributed by atoms with Gasteiger partial charge in [-0.2, -0.15) is 18.3 Å². The summed E-state index contributed by atoms with van der Waals surface area (Å²) in [5, 5.41) is 5.23. The standard InChI is InChI=1S/C31H31ClF3N5O2/c1-42-27-12-9-23(20-26(27)32)30-37-29(22-14-16-36-17-15-22)38-40(30)19-18-39(25-4-2-3-5-25)28(41)13-8-21-6-10-24(11-7-21)31(33,34)35/h6-7,9-12,14-17,20,25H,2-5,8,13,18-19H2,1H3. The molecule has 5 rings (SSSR count). The highest BCUT2D eigenvalue weighted by Crippen LogP contribution is 2.32. The van der Waals surface area contributed by atoms with Crippen LogP contribution in [0.3, 0.4) is 0 Å². The number of aromatic nitrogens is 4. The topological polar surface area (TPSA) is 73.1 Å². The maximum Gasteiger partial charge on any atom is 0.416 e. The van der Waals surface area contributed by atoms with Crippen LogP contribution < -0.4 is 4.74 Å². The van der Waals surface area contributed by atoms with E-state index in [1.165, 1.54) is 12.1 Å². The fourth-order valence-electron chi connectivity index (χ4n) is 5.32. The Morgan fingerprint density at radius 3 is 2.40 bits per heavy atom. The van der Waals surface area contributed by atoms with Crippen molar-refractivity contribution in [3.8, 4) is 28.5 Å². The van der Waals surface area contributed by atoms with E-state index in [1.807, 2.05) is 23.1 Å². The first-order valence-corrected chi connectivity index (χ1v) is 14.3. The number of amides is 1. The summed E-state index contributed by atoms with van der Waals surface area (Å²) in [5.41, 5.74) is 1.57. The van der Waals surface area contributed by atoms with Gasteiger partial charge in [0.15, 0.2) is 11.6 Å². The highest BCUT2D eigenvalue weighted by Gasteiger charge is 2.30. The fraction of sp³-hybridized carbons (Fsp3) is 0.355. The van der Waals surface area contributed by atoms with E-state index in [9.17, 15) is 18.0 Å². The summed E-state index contributed by atoms with van der Waals surface area (Å²) in [6.45, 7) is 0.826. The number of nitrogens with zero attached hydrogens (tertiary/aromatic N) is 5. The van der Waals surface area contributed by atoms with Gasteiger partial charge in [0.05, 0.1) is 24.2 Å². The molecular formula is C31H31ClF3N5O2. The van der Waals surface area contributed by atoms with Crippen molar-refractivity contribution in [2.75, 3.05) is 13.7 Å². The third kappa shape index (κ3) is 6.92. The number of hydrogen-bond acceptors (Lipinski definition) is 5. The average Bonchev–Trinajstić information content (AvgIpc) is 3.67. The Bertz CT molecular complexity index is 1500. The molecule has 0 saturated heterocycles. The lowest BCUT2D eigenvalue weighted by Crippen LogP contribution is -2.41. The van der Waals surface area contributed by atoms with E-state index in [4.69, 9.17) is 26.4 Å². The molecule has 0 atom stereocenters. The minimum absolute atomic E-state index is 0.0229. The largest absolute Gasteiger partial charge is 0.495 e. The van der Waals surface area contributed by atoms with Gasteiger partial charge in [-0.1, -0.05) is 36.6 Å². The molecule has 4 aromatic rings. The minimum Gasteiger partial charge on any atom is -0.495 e. The van der Waals surface area contributed by atoms with Crippen molar-refractivity contribution >= 4 is 17.5 Å². The van der Waals surface area contributed by atoms with Gasteiger partial charge in [0.1, 0.15) is 5.75 Å². The molecule has 0 unspecified atom stereocenters. The molecule has 2 aromatic carbocycles. The number of rotatable bonds is 10. The first kappa shape index (κ1) is 29.6. The Kier molecular flexibility index (Phi) is 9.11. The molecule has 2 aromatic heterocycles. The summed E-state index contributed by atoms with van der Waals surface area (Å²) in [4.78, 5) is 24.3. The molecule has 7 nitrogen and oxygen atoms in total. The van der Waals surface area contributed by atoms with Crippen LogP contribution in [0, 0.1) is 0 Å². The molecule has 1 saturated carbocycles. The van der Waals surface area contributed by atoms with Crippen LogP contribution in [0.15, 0.2) is 67.0 Å². The van der Waals surface area contributed by atoms with E-state index < -0.39 is 11.7 Å². The van der Waals surface area contributed by atoms with Crippen LogP contribution in [-0.2, 0) is 23.9 Å². The number of alkyl halides is 3. The molecule has 220 valence electrons. The van der Waals surface area contributed by atoms with Gasteiger partial charge in [-0.25, -0.2) is 9.67 Å². The van der Waals surface area contributed by atoms with Crippen LogP contribution in [0.4, 0.5) is 13.2 Å². The predicted octanol–water partition coefficient (Wildman–Crippen LogP) is 7.09. The SMILES string of the molecule is COc1ccc(-c2nc(-c3ccncc3)nn2CCN(C(=O)CCc2ccc(C(F)(F)F)cc2)C2CCCC2)cc1Cl. The summed E-state index contributed by atoms with van der Waals surface area (Å²) in [6, 6.07) is 14.2. The van der Waals surface area contributed by atoms with Crippen LogP contribution in [-0.4, -0.2) is 50.3 Å². The maximum absolute atomic E-state index is 13.5. The fourth-order valence-corrected chi connectivity index (χ4v) is 5.58. The molecular weight excluding hydrogens is 567 g/mol. The smallest absolute Gasteiger partial charge is 0.416 e. The van der Waals surface area contributed by atoms with E-state index in [0.29, 0.717) is 47.5 Å². The lowest BCUT2D eigenvalue weighted by molar-refractivity contribution is -0.137. The number of halogens is 4. The van der Waals surface area contributed by atoms with Crippen molar-refractivity contribution in [3.05, 3.63) is 83.1 Å². The highest BCUT2D eigenvalue weighted by molar-refractivity contribution is 6.32. The van der Waals surface area contributed by atoms with Gasteiger partial charge in [-0.05, 0) is 67.3 Å². The Balaban J connectivity index is 1.36. The van der Waals surface area contributed by atoms with Crippen molar-refractivity contribution in [3.63, 3.8) is 0 Å². The average molecular weight is 598 g/mol. The summed E-state index contributed by atoms with van der Waals surface area (Å²) >= 11 is 6.43. The van der Waals surface area contributed by atoms with Gasteiger partial charge < -0.3 is 9.64 Å². The van der Waals surface area contributed by atoms with Gasteiger partial charge in [-0.3, -0.25) is 9.78 Å². The number of methoxy groups -OCH3 is 1. The third-order valence-electron chi connectivity index (χ3n) is 7.57. The van der Waals surface area contributed by atoms with E-state index in [0.717, 1.165) is 48.9 Å². The van der Waals surface area contributed by atoms with Gasteiger partial charge in [0.25, 0.3) is 0 Å². The lowest BCUT2D eigenvalue weighted by atomic mass is 10.1. The number of ether oxygens (including phenoxy) is 1. The molecule has 1 aliphatic rings. The third-order valence-corrected chi connectivity index (χ3v) is 7.86. The summed E-state index contributed by atoms with van der Waals surface area (Å²) in [7, 11) is 1.55. The van der Waals surface area contributed by atoms with Crippen LogP contribution in [0.25, 0.3) is 22.8 Å². The molecule has 1 fully saturated rings. The van der Waals surface area contributed by atoms with E-state index >= 15 is 0 Å². The number of carbonyl (C=O) groups is 1. The molecule has 0 bridgehead atoms. The molecule has 0 aliphatic heterocycles. The molecule has 2 heterocycles. The zero-order valence-electron chi connectivity index (χ0n) is 23.1. The van der Waals surface area contributed by atoms with Gasteiger partial charge >= 0.3 is 6.18 Å². The van der Waals surface area contributed by atoms with Crippen molar-refractivity contribution < 1.29 is 22.7 Å². The van der Waals surface area contributed by atoms with Gasteiger partial charge in [0.2, 0.25) is 5.91 Å². The van der Waals surface area contributed by atoms with Crippen molar-refractivity contribution in [1.82, 2.24) is 24.6 Å². The Morgan fingerprint density at radius 2 is 1.76 bits per heavy atom. The Morgan fingerprint density at radius 1 is 1.05 bits per heavy atom.